The first-order valence-corrected chi connectivity index (χ1v) is 7.51. The summed E-state index contributed by atoms with van der Waals surface area (Å²) >= 11 is 9.16. The summed E-state index contributed by atoms with van der Waals surface area (Å²) < 4.78 is 6.69. The van der Waals surface area contributed by atoms with Crippen LogP contribution in [0.25, 0.3) is 0 Å². The molecule has 1 rings (SSSR count). The standard InChI is InChI=1S/C14H21BrClNO/c1-14(2,7-8-16)11-17-9-10-18-13-5-3-12(15)4-6-13/h3-6,17H,7-11H2,1-2H3. The molecule has 4 heteroatoms. The van der Waals surface area contributed by atoms with Crippen molar-refractivity contribution >= 4 is 27.5 Å². The quantitative estimate of drug-likeness (QED) is 0.571. The van der Waals surface area contributed by atoms with Gasteiger partial charge in [0.1, 0.15) is 12.4 Å². The number of benzene rings is 1. The minimum Gasteiger partial charge on any atom is -0.492 e. The largest absolute Gasteiger partial charge is 0.492 e. The maximum Gasteiger partial charge on any atom is 0.119 e. The molecule has 0 atom stereocenters. The number of alkyl halides is 1. The summed E-state index contributed by atoms with van der Waals surface area (Å²) in [7, 11) is 0. The lowest BCUT2D eigenvalue weighted by molar-refractivity contribution is 0.284. The van der Waals surface area contributed by atoms with Gasteiger partial charge in [0.15, 0.2) is 0 Å². The minimum absolute atomic E-state index is 0.249. The van der Waals surface area contributed by atoms with Crippen molar-refractivity contribution in [3.05, 3.63) is 28.7 Å². The molecule has 18 heavy (non-hydrogen) atoms. The third kappa shape index (κ3) is 6.62. The van der Waals surface area contributed by atoms with Crippen LogP contribution in [0, 0.1) is 5.41 Å². The van der Waals surface area contributed by atoms with Gasteiger partial charge in [-0.1, -0.05) is 29.8 Å². The number of rotatable bonds is 8. The molecule has 0 bridgehead atoms. The number of nitrogens with one attached hydrogen (secondary N) is 1. The Kier molecular flexibility index (Phi) is 7.05. The third-order valence-electron chi connectivity index (χ3n) is 2.74. The molecule has 0 saturated carbocycles. The first-order valence-electron chi connectivity index (χ1n) is 6.18. The fourth-order valence-electron chi connectivity index (χ4n) is 1.54. The smallest absolute Gasteiger partial charge is 0.119 e. The fourth-order valence-corrected chi connectivity index (χ4v) is 2.32. The van der Waals surface area contributed by atoms with E-state index in [2.05, 4.69) is 35.1 Å². The van der Waals surface area contributed by atoms with Crippen LogP contribution in [0.3, 0.4) is 0 Å². The molecule has 0 unspecified atom stereocenters. The normalized spacial score (nSPS) is 11.6. The second-order valence-electron chi connectivity index (χ2n) is 5.08. The van der Waals surface area contributed by atoms with Crippen LogP contribution in [0.2, 0.25) is 0 Å². The van der Waals surface area contributed by atoms with Crippen LogP contribution in [0.15, 0.2) is 28.7 Å². The molecule has 1 aromatic rings. The van der Waals surface area contributed by atoms with Gasteiger partial charge in [-0.15, -0.1) is 11.6 Å². The zero-order valence-corrected chi connectivity index (χ0v) is 13.4. The van der Waals surface area contributed by atoms with E-state index in [0.717, 1.165) is 29.7 Å². The van der Waals surface area contributed by atoms with Gasteiger partial charge < -0.3 is 10.1 Å². The van der Waals surface area contributed by atoms with Gasteiger partial charge in [0.25, 0.3) is 0 Å². The Hall–Kier alpha value is -0.250. The molecular formula is C14H21BrClNO. The van der Waals surface area contributed by atoms with Crippen molar-refractivity contribution in [2.45, 2.75) is 20.3 Å². The molecule has 1 N–H and O–H groups in total. The Morgan fingerprint density at radius 1 is 1.28 bits per heavy atom. The Bertz CT molecular complexity index is 340. The molecule has 1 aromatic carbocycles. The van der Waals surface area contributed by atoms with Gasteiger partial charge >= 0.3 is 0 Å². The Labute approximate surface area is 123 Å². The second kappa shape index (κ2) is 8.03. The van der Waals surface area contributed by atoms with Crippen LogP contribution in [0.5, 0.6) is 5.75 Å². The van der Waals surface area contributed by atoms with Gasteiger partial charge in [-0.25, -0.2) is 0 Å². The first-order chi connectivity index (χ1) is 8.53. The molecule has 0 aliphatic rings. The molecule has 0 spiro atoms. The van der Waals surface area contributed by atoms with E-state index in [1.54, 1.807) is 0 Å². The molecule has 0 amide bonds. The van der Waals surface area contributed by atoms with Crippen molar-refractivity contribution in [1.29, 1.82) is 0 Å². The van der Waals surface area contributed by atoms with Gasteiger partial charge in [0, 0.05) is 23.4 Å². The van der Waals surface area contributed by atoms with Gasteiger partial charge in [-0.2, -0.15) is 0 Å². The first kappa shape index (κ1) is 15.8. The maximum absolute atomic E-state index is 5.76. The number of hydrogen-bond donors (Lipinski definition) is 1. The summed E-state index contributed by atoms with van der Waals surface area (Å²) in [5.74, 6) is 1.62. The summed E-state index contributed by atoms with van der Waals surface area (Å²) in [6.45, 7) is 6.93. The van der Waals surface area contributed by atoms with E-state index in [1.165, 1.54) is 0 Å². The van der Waals surface area contributed by atoms with E-state index in [4.69, 9.17) is 16.3 Å². The average molecular weight is 335 g/mol. The minimum atomic E-state index is 0.249. The lowest BCUT2D eigenvalue weighted by Gasteiger charge is -2.23. The van der Waals surface area contributed by atoms with Crippen LogP contribution in [-0.2, 0) is 0 Å². The van der Waals surface area contributed by atoms with Gasteiger partial charge in [-0.05, 0) is 36.1 Å². The second-order valence-corrected chi connectivity index (χ2v) is 6.38. The van der Waals surface area contributed by atoms with E-state index < -0.39 is 0 Å². The lowest BCUT2D eigenvalue weighted by Crippen LogP contribution is -2.32. The van der Waals surface area contributed by atoms with Crippen LogP contribution < -0.4 is 10.1 Å². The summed E-state index contributed by atoms with van der Waals surface area (Å²) in [6.07, 6.45) is 1.02. The molecule has 0 aliphatic heterocycles. The third-order valence-corrected chi connectivity index (χ3v) is 3.45. The fraction of sp³-hybridized carbons (Fsp3) is 0.571. The molecule has 102 valence electrons. The highest BCUT2D eigenvalue weighted by molar-refractivity contribution is 9.10. The Balaban J connectivity index is 2.14. The Morgan fingerprint density at radius 2 is 1.94 bits per heavy atom. The summed E-state index contributed by atoms with van der Waals surface area (Å²) in [4.78, 5) is 0. The highest BCUT2D eigenvalue weighted by Crippen LogP contribution is 2.19. The van der Waals surface area contributed by atoms with Crippen molar-refractivity contribution in [1.82, 2.24) is 5.32 Å². The highest BCUT2D eigenvalue weighted by Gasteiger charge is 2.15. The zero-order chi connectivity index (χ0) is 13.4. The van der Waals surface area contributed by atoms with E-state index in [-0.39, 0.29) is 5.41 Å². The average Bonchev–Trinajstić information content (AvgIpc) is 2.31. The monoisotopic (exact) mass is 333 g/mol. The number of ether oxygens (including phenoxy) is 1. The van der Waals surface area contributed by atoms with E-state index in [1.807, 2.05) is 24.3 Å². The SMILES string of the molecule is CC(C)(CCCl)CNCCOc1ccc(Br)cc1. The molecule has 0 heterocycles. The molecule has 0 fully saturated rings. The van der Waals surface area contributed by atoms with E-state index >= 15 is 0 Å². The Morgan fingerprint density at radius 3 is 2.56 bits per heavy atom. The van der Waals surface area contributed by atoms with Crippen LogP contribution >= 0.6 is 27.5 Å². The van der Waals surface area contributed by atoms with Crippen molar-refractivity contribution in [3.8, 4) is 5.75 Å². The summed E-state index contributed by atoms with van der Waals surface area (Å²) in [5.41, 5.74) is 0.249. The molecule has 0 radical (unpaired) electrons. The molecule has 2 nitrogen and oxygen atoms in total. The number of hydrogen-bond acceptors (Lipinski definition) is 2. The zero-order valence-electron chi connectivity index (χ0n) is 11.0. The lowest BCUT2D eigenvalue weighted by atomic mass is 9.90. The van der Waals surface area contributed by atoms with Crippen LogP contribution in [-0.4, -0.2) is 25.6 Å². The molecule has 0 aliphatic carbocycles. The topological polar surface area (TPSA) is 21.3 Å². The summed E-state index contributed by atoms with van der Waals surface area (Å²) in [5, 5.41) is 3.40. The van der Waals surface area contributed by atoms with Crippen molar-refractivity contribution in [2.75, 3.05) is 25.6 Å². The van der Waals surface area contributed by atoms with Crippen LogP contribution in [0.4, 0.5) is 0 Å². The summed E-state index contributed by atoms with van der Waals surface area (Å²) in [6, 6.07) is 7.88. The maximum atomic E-state index is 5.76. The molecule has 0 saturated heterocycles. The predicted molar refractivity (Wildman–Crippen MR) is 81.6 cm³/mol. The van der Waals surface area contributed by atoms with Crippen LogP contribution in [0.1, 0.15) is 20.3 Å². The van der Waals surface area contributed by atoms with Crippen molar-refractivity contribution in [2.24, 2.45) is 5.41 Å². The molecule has 0 aromatic heterocycles. The number of halogens is 2. The van der Waals surface area contributed by atoms with Crippen molar-refractivity contribution in [3.63, 3.8) is 0 Å². The predicted octanol–water partition coefficient (Wildman–Crippen LogP) is 4.07. The van der Waals surface area contributed by atoms with Gasteiger partial charge in [-0.3, -0.25) is 0 Å². The molecular weight excluding hydrogens is 314 g/mol. The highest BCUT2D eigenvalue weighted by atomic mass is 79.9. The van der Waals surface area contributed by atoms with Gasteiger partial charge in [0.05, 0.1) is 0 Å². The van der Waals surface area contributed by atoms with Gasteiger partial charge in [0.2, 0.25) is 0 Å². The van der Waals surface area contributed by atoms with Crippen molar-refractivity contribution < 1.29 is 4.74 Å². The van der Waals surface area contributed by atoms with E-state index in [9.17, 15) is 0 Å². The van der Waals surface area contributed by atoms with E-state index in [0.29, 0.717) is 12.5 Å².